The maximum atomic E-state index is 11.0. The molecule has 0 saturated carbocycles. The van der Waals surface area contributed by atoms with Crippen LogP contribution in [0.5, 0.6) is 17.2 Å². The van der Waals surface area contributed by atoms with Crippen LogP contribution in [0.1, 0.15) is 50.8 Å². The van der Waals surface area contributed by atoms with Gasteiger partial charge in [0.05, 0.1) is 18.2 Å². The number of para-hydroxylation sites is 1. The van der Waals surface area contributed by atoms with Gasteiger partial charge in [-0.15, -0.1) is 0 Å². The molecular formula is C29H34N2O3. The molecule has 0 amide bonds. The Labute approximate surface area is 202 Å². The molecule has 0 unspecified atom stereocenters. The molecule has 0 fully saturated rings. The van der Waals surface area contributed by atoms with Gasteiger partial charge in [-0.25, -0.2) is 0 Å². The van der Waals surface area contributed by atoms with Crippen LogP contribution in [0.3, 0.4) is 0 Å². The zero-order valence-electron chi connectivity index (χ0n) is 20.8. The minimum Gasteiger partial charge on any atom is -0.507 e. The van der Waals surface area contributed by atoms with E-state index < -0.39 is 11.1 Å². The Morgan fingerprint density at radius 3 is 2.03 bits per heavy atom. The van der Waals surface area contributed by atoms with E-state index in [9.17, 15) is 10.2 Å². The van der Waals surface area contributed by atoms with Gasteiger partial charge in [-0.3, -0.25) is 9.98 Å². The van der Waals surface area contributed by atoms with Crippen LogP contribution in [0.2, 0.25) is 0 Å². The van der Waals surface area contributed by atoms with Crippen LogP contribution in [-0.4, -0.2) is 40.8 Å². The second-order valence-electron chi connectivity index (χ2n) is 9.81. The van der Waals surface area contributed by atoms with E-state index >= 15 is 0 Å². The van der Waals surface area contributed by atoms with Crippen LogP contribution in [0.25, 0.3) is 11.1 Å². The summed E-state index contributed by atoms with van der Waals surface area (Å²) in [6.07, 6.45) is 4.09. The highest BCUT2D eigenvalue weighted by atomic mass is 16.5. The lowest BCUT2D eigenvalue weighted by Crippen LogP contribution is -2.30. The maximum Gasteiger partial charge on any atom is 0.132 e. The van der Waals surface area contributed by atoms with E-state index in [1.165, 1.54) is 0 Å². The smallest absolute Gasteiger partial charge is 0.132 e. The van der Waals surface area contributed by atoms with Crippen LogP contribution < -0.4 is 4.74 Å². The largest absolute Gasteiger partial charge is 0.507 e. The summed E-state index contributed by atoms with van der Waals surface area (Å²) in [5.41, 5.74) is 2.85. The van der Waals surface area contributed by atoms with Crippen molar-refractivity contribution < 1.29 is 14.9 Å². The Morgan fingerprint density at radius 1 is 0.794 bits per heavy atom. The van der Waals surface area contributed by atoms with E-state index in [1.807, 2.05) is 89.2 Å². The van der Waals surface area contributed by atoms with Gasteiger partial charge in [-0.05, 0) is 70.4 Å². The number of nitrogens with zero attached hydrogens (tertiary/aromatic N) is 2. The standard InChI is InChI=1S/C29H34N2O3/c1-20-11-10-14-22(26(20)32)17-30-28(2,3)19-29(4,5)31-18-23-15-24(34-6)16-25(27(23)33)21-12-8-7-9-13-21/h7-18,32-33H,19H2,1-6H3. The van der Waals surface area contributed by atoms with Gasteiger partial charge in [0, 0.05) is 29.1 Å². The molecule has 178 valence electrons. The van der Waals surface area contributed by atoms with Crippen LogP contribution >= 0.6 is 0 Å². The molecule has 3 aromatic rings. The first-order valence-corrected chi connectivity index (χ1v) is 11.4. The van der Waals surface area contributed by atoms with Crippen molar-refractivity contribution in [3.05, 3.63) is 77.4 Å². The minimum absolute atomic E-state index is 0.166. The summed E-state index contributed by atoms with van der Waals surface area (Å²) < 4.78 is 5.46. The van der Waals surface area contributed by atoms with E-state index in [-0.39, 0.29) is 11.5 Å². The molecule has 0 aliphatic rings. The molecule has 0 saturated heterocycles. The zero-order chi connectivity index (χ0) is 24.9. The lowest BCUT2D eigenvalue weighted by molar-refractivity contribution is 0.358. The number of aliphatic imine (C=N–C) groups is 2. The monoisotopic (exact) mass is 458 g/mol. The number of methoxy groups -OCH3 is 1. The molecule has 0 aliphatic carbocycles. The molecule has 3 aromatic carbocycles. The molecule has 0 bridgehead atoms. The summed E-state index contributed by atoms with van der Waals surface area (Å²) >= 11 is 0. The number of phenols is 2. The molecular weight excluding hydrogens is 424 g/mol. The van der Waals surface area contributed by atoms with Gasteiger partial charge in [0.1, 0.15) is 17.2 Å². The van der Waals surface area contributed by atoms with Gasteiger partial charge in [0.2, 0.25) is 0 Å². The van der Waals surface area contributed by atoms with Crippen molar-refractivity contribution in [1.29, 1.82) is 0 Å². The second kappa shape index (κ2) is 10.1. The Kier molecular flexibility index (Phi) is 7.45. The third-order valence-electron chi connectivity index (χ3n) is 5.67. The summed E-state index contributed by atoms with van der Waals surface area (Å²) in [7, 11) is 1.61. The third kappa shape index (κ3) is 6.25. The molecule has 0 spiro atoms. The molecule has 0 aromatic heterocycles. The zero-order valence-corrected chi connectivity index (χ0v) is 20.8. The predicted octanol–water partition coefficient (Wildman–Crippen LogP) is 6.57. The fourth-order valence-corrected chi connectivity index (χ4v) is 4.11. The average molecular weight is 459 g/mol. The molecule has 0 radical (unpaired) electrons. The quantitative estimate of drug-likeness (QED) is 0.375. The van der Waals surface area contributed by atoms with Crippen molar-refractivity contribution in [2.24, 2.45) is 9.98 Å². The number of rotatable bonds is 8. The Morgan fingerprint density at radius 2 is 1.41 bits per heavy atom. The molecule has 0 aliphatic heterocycles. The average Bonchev–Trinajstić information content (AvgIpc) is 2.79. The lowest BCUT2D eigenvalue weighted by atomic mass is 9.87. The molecule has 0 atom stereocenters. The summed E-state index contributed by atoms with van der Waals surface area (Å²) in [6, 6.07) is 18.9. The van der Waals surface area contributed by atoms with Crippen LogP contribution in [-0.2, 0) is 0 Å². The minimum atomic E-state index is -0.447. The summed E-state index contributed by atoms with van der Waals surface area (Å²) in [5.74, 6) is 1.07. The number of aromatic hydroxyl groups is 2. The fraction of sp³-hybridized carbons (Fsp3) is 0.310. The molecule has 0 heterocycles. The number of benzene rings is 3. The molecule has 5 heteroatoms. The van der Waals surface area contributed by atoms with Crippen molar-refractivity contribution in [3.63, 3.8) is 0 Å². The van der Waals surface area contributed by atoms with E-state index in [4.69, 9.17) is 14.7 Å². The van der Waals surface area contributed by atoms with Crippen LogP contribution in [0.4, 0.5) is 0 Å². The van der Waals surface area contributed by atoms with E-state index in [0.29, 0.717) is 28.9 Å². The molecule has 34 heavy (non-hydrogen) atoms. The second-order valence-corrected chi connectivity index (χ2v) is 9.81. The van der Waals surface area contributed by atoms with Crippen molar-refractivity contribution in [2.75, 3.05) is 7.11 Å². The number of aryl methyl sites for hydroxylation is 1. The van der Waals surface area contributed by atoms with E-state index in [2.05, 4.69) is 0 Å². The Hall–Kier alpha value is -3.60. The van der Waals surface area contributed by atoms with E-state index in [1.54, 1.807) is 25.6 Å². The van der Waals surface area contributed by atoms with Crippen molar-refractivity contribution in [3.8, 4) is 28.4 Å². The van der Waals surface area contributed by atoms with Crippen molar-refractivity contribution >= 4 is 12.4 Å². The van der Waals surface area contributed by atoms with Gasteiger partial charge in [-0.2, -0.15) is 0 Å². The first-order valence-electron chi connectivity index (χ1n) is 11.4. The van der Waals surface area contributed by atoms with Crippen molar-refractivity contribution in [1.82, 2.24) is 0 Å². The maximum absolute atomic E-state index is 11.0. The summed E-state index contributed by atoms with van der Waals surface area (Å²) in [6.45, 7) is 10.0. The van der Waals surface area contributed by atoms with Gasteiger partial charge >= 0.3 is 0 Å². The highest BCUT2D eigenvalue weighted by Crippen LogP contribution is 2.36. The number of phenolic OH excluding ortho intramolecular Hbond substituents is 2. The lowest BCUT2D eigenvalue weighted by Gasteiger charge is -2.29. The van der Waals surface area contributed by atoms with Crippen LogP contribution in [0, 0.1) is 6.92 Å². The van der Waals surface area contributed by atoms with Gasteiger partial charge in [0.25, 0.3) is 0 Å². The number of hydrogen-bond acceptors (Lipinski definition) is 5. The summed E-state index contributed by atoms with van der Waals surface area (Å²) in [4.78, 5) is 9.54. The highest BCUT2D eigenvalue weighted by molar-refractivity contribution is 5.90. The predicted molar refractivity (Wildman–Crippen MR) is 141 cm³/mol. The van der Waals surface area contributed by atoms with Crippen LogP contribution in [0.15, 0.2) is 70.6 Å². The Bertz CT molecular complexity index is 1200. The van der Waals surface area contributed by atoms with E-state index in [0.717, 1.165) is 11.1 Å². The normalized spacial score (nSPS) is 12.5. The van der Waals surface area contributed by atoms with Gasteiger partial charge in [0.15, 0.2) is 0 Å². The first kappa shape index (κ1) is 25.0. The van der Waals surface area contributed by atoms with Crippen molar-refractivity contribution in [2.45, 2.75) is 52.1 Å². The topological polar surface area (TPSA) is 74.4 Å². The molecule has 2 N–H and O–H groups in total. The Balaban J connectivity index is 1.84. The SMILES string of the molecule is COc1cc(C=NC(C)(C)CC(C)(C)N=Cc2cccc(C)c2O)c(O)c(-c2ccccc2)c1. The van der Waals surface area contributed by atoms with Gasteiger partial charge < -0.3 is 14.9 Å². The first-order chi connectivity index (χ1) is 16.0. The van der Waals surface area contributed by atoms with Gasteiger partial charge in [-0.1, -0.05) is 42.5 Å². The fourth-order valence-electron chi connectivity index (χ4n) is 4.11. The number of ether oxygens (including phenoxy) is 1. The summed E-state index contributed by atoms with van der Waals surface area (Å²) in [5, 5.41) is 21.2. The third-order valence-corrected chi connectivity index (χ3v) is 5.67. The molecule has 3 rings (SSSR count). The number of hydrogen-bond donors (Lipinski definition) is 2. The highest BCUT2D eigenvalue weighted by Gasteiger charge is 2.27. The molecule has 5 nitrogen and oxygen atoms in total.